The fourth-order valence-corrected chi connectivity index (χ4v) is 2.60. The molecule has 22 heavy (non-hydrogen) atoms. The van der Waals surface area contributed by atoms with E-state index in [9.17, 15) is 4.79 Å². The third-order valence-electron chi connectivity index (χ3n) is 3.82. The van der Waals surface area contributed by atoms with E-state index in [1.807, 2.05) is 33.3 Å². The van der Waals surface area contributed by atoms with Crippen LogP contribution in [0.4, 0.5) is 10.6 Å². The van der Waals surface area contributed by atoms with Gasteiger partial charge in [-0.05, 0) is 13.3 Å². The SMILES string of the molecule is Cc1cc(NC(=O)N[C@H]2CCO[C@@H]2c2cnn(C)c2)nn1C. The Bertz CT molecular complexity index is 657. The predicted octanol–water partition coefficient (Wildman–Crippen LogP) is 1.11. The molecular weight excluding hydrogens is 284 g/mol. The fraction of sp³-hybridized carbons (Fsp3) is 0.500. The highest BCUT2D eigenvalue weighted by molar-refractivity contribution is 5.88. The highest BCUT2D eigenvalue weighted by atomic mass is 16.5. The van der Waals surface area contributed by atoms with Crippen molar-refractivity contribution in [3.8, 4) is 0 Å². The van der Waals surface area contributed by atoms with Crippen molar-refractivity contribution in [3.05, 3.63) is 29.7 Å². The third kappa shape index (κ3) is 2.96. The van der Waals surface area contributed by atoms with Gasteiger partial charge in [0.2, 0.25) is 0 Å². The summed E-state index contributed by atoms with van der Waals surface area (Å²) in [5.74, 6) is 0.536. The Labute approximate surface area is 128 Å². The monoisotopic (exact) mass is 304 g/mol. The van der Waals surface area contributed by atoms with E-state index in [2.05, 4.69) is 20.8 Å². The minimum absolute atomic E-state index is 0.0750. The lowest BCUT2D eigenvalue weighted by Crippen LogP contribution is -2.39. The van der Waals surface area contributed by atoms with E-state index in [0.29, 0.717) is 12.4 Å². The van der Waals surface area contributed by atoms with E-state index in [0.717, 1.165) is 17.7 Å². The Kier molecular flexibility index (Phi) is 3.84. The molecule has 2 amide bonds. The van der Waals surface area contributed by atoms with Gasteiger partial charge >= 0.3 is 6.03 Å². The maximum absolute atomic E-state index is 12.1. The molecule has 0 aliphatic carbocycles. The van der Waals surface area contributed by atoms with Crippen LogP contribution in [0, 0.1) is 6.92 Å². The van der Waals surface area contributed by atoms with Crippen LogP contribution < -0.4 is 10.6 Å². The summed E-state index contributed by atoms with van der Waals surface area (Å²) in [6.45, 7) is 2.55. The van der Waals surface area contributed by atoms with Gasteiger partial charge in [-0.25, -0.2) is 4.79 Å². The Morgan fingerprint density at radius 3 is 2.91 bits per heavy atom. The number of nitrogens with one attached hydrogen (secondary N) is 2. The highest BCUT2D eigenvalue weighted by Crippen LogP contribution is 2.28. The van der Waals surface area contributed by atoms with E-state index in [1.54, 1.807) is 15.6 Å². The molecule has 0 saturated carbocycles. The summed E-state index contributed by atoms with van der Waals surface area (Å²) in [4.78, 5) is 12.1. The van der Waals surface area contributed by atoms with Gasteiger partial charge in [0.1, 0.15) is 6.10 Å². The molecule has 8 nitrogen and oxygen atoms in total. The van der Waals surface area contributed by atoms with Crippen molar-refractivity contribution >= 4 is 11.8 Å². The van der Waals surface area contributed by atoms with Crippen LogP contribution in [-0.2, 0) is 18.8 Å². The highest BCUT2D eigenvalue weighted by Gasteiger charge is 2.31. The van der Waals surface area contributed by atoms with Crippen LogP contribution in [0.3, 0.4) is 0 Å². The largest absolute Gasteiger partial charge is 0.371 e. The second-order valence-electron chi connectivity index (χ2n) is 5.53. The molecule has 3 heterocycles. The quantitative estimate of drug-likeness (QED) is 0.889. The van der Waals surface area contributed by atoms with Crippen LogP contribution in [-0.4, -0.2) is 38.2 Å². The molecule has 3 rings (SSSR count). The first-order valence-electron chi connectivity index (χ1n) is 7.21. The Hall–Kier alpha value is -2.35. The fourth-order valence-electron chi connectivity index (χ4n) is 2.60. The van der Waals surface area contributed by atoms with Gasteiger partial charge in [-0.15, -0.1) is 0 Å². The zero-order chi connectivity index (χ0) is 15.7. The molecule has 8 heteroatoms. The van der Waals surface area contributed by atoms with Crippen LogP contribution in [0.1, 0.15) is 23.8 Å². The molecular formula is C14H20N6O2. The smallest absolute Gasteiger partial charge is 0.320 e. The molecule has 1 saturated heterocycles. The summed E-state index contributed by atoms with van der Waals surface area (Å²) in [6.07, 6.45) is 4.29. The molecule has 2 N–H and O–H groups in total. The van der Waals surface area contributed by atoms with Crippen LogP contribution in [0.5, 0.6) is 0 Å². The van der Waals surface area contributed by atoms with Gasteiger partial charge in [0, 0.05) is 44.2 Å². The first kappa shape index (κ1) is 14.6. The second-order valence-corrected chi connectivity index (χ2v) is 5.53. The lowest BCUT2D eigenvalue weighted by atomic mass is 10.1. The molecule has 0 radical (unpaired) electrons. The van der Waals surface area contributed by atoms with Gasteiger partial charge in [-0.3, -0.25) is 14.7 Å². The first-order valence-corrected chi connectivity index (χ1v) is 7.21. The maximum atomic E-state index is 12.1. The molecule has 0 aromatic carbocycles. The zero-order valence-electron chi connectivity index (χ0n) is 12.9. The first-order chi connectivity index (χ1) is 10.5. The molecule has 0 spiro atoms. The molecule has 2 aromatic rings. The molecule has 118 valence electrons. The number of nitrogens with zero attached hydrogens (tertiary/aromatic N) is 4. The number of aryl methyl sites for hydroxylation is 3. The number of aromatic nitrogens is 4. The van der Waals surface area contributed by atoms with Crippen molar-refractivity contribution in [3.63, 3.8) is 0 Å². The van der Waals surface area contributed by atoms with Gasteiger partial charge in [0.05, 0.1) is 12.2 Å². The number of urea groups is 1. The average molecular weight is 304 g/mol. The minimum atomic E-state index is -0.275. The van der Waals surface area contributed by atoms with Crippen molar-refractivity contribution in [2.75, 3.05) is 11.9 Å². The number of amides is 2. The number of carbonyl (C=O) groups is 1. The predicted molar refractivity (Wildman–Crippen MR) is 80.4 cm³/mol. The molecule has 2 atom stereocenters. The molecule has 1 aliphatic heterocycles. The van der Waals surface area contributed by atoms with Gasteiger partial charge < -0.3 is 10.1 Å². The summed E-state index contributed by atoms with van der Waals surface area (Å²) < 4.78 is 9.17. The minimum Gasteiger partial charge on any atom is -0.371 e. The Morgan fingerprint density at radius 1 is 1.45 bits per heavy atom. The molecule has 1 fully saturated rings. The van der Waals surface area contributed by atoms with Crippen molar-refractivity contribution < 1.29 is 9.53 Å². The van der Waals surface area contributed by atoms with Crippen molar-refractivity contribution in [1.82, 2.24) is 24.9 Å². The Morgan fingerprint density at radius 2 is 2.27 bits per heavy atom. The number of hydrogen-bond donors (Lipinski definition) is 2. The molecule has 0 unspecified atom stereocenters. The van der Waals surface area contributed by atoms with Crippen LogP contribution in [0.15, 0.2) is 18.5 Å². The van der Waals surface area contributed by atoms with Gasteiger partial charge in [-0.1, -0.05) is 0 Å². The van der Waals surface area contributed by atoms with Crippen LogP contribution in [0.2, 0.25) is 0 Å². The topological polar surface area (TPSA) is 86.0 Å². The van der Waals surface area contributed by atoms with E-state index < -0.39 is 0 Å². The number of hydrogen-bond acceptors (Lipinski definition) is 4. The molecule has 2 aromatic heterocycles. The van der Waals surface area contributed by atoms with Crippen molar-refractivity contribution in [2.24, 2.45) is 14.1 Å². The number of ether oxygens (including phenoxy) is 1. The summed E-state index contributed by atoms with van der Waals surface area (Å²) in [5.41, 5.74) is 1.95. The van der Waals surface area contributed by atoms with E-state index in [-0.39, 0.29) is 18.2 Å². The van der Waals surface area contributed by atoms with Crippen molar-refractivity contribution in [1.29, 1.82) is 0 Å². The maximum Gasteiger partial charge on any atom is 0.320 e. The summed E-state index contributed by atoms with van der Waals surface area (Å²) >= 11 is 0. The van der Waals surface area contributed by atoms with E-state index in [4.69, 9.17) is 4.74 Å². The van der Waals surface area contributed by atoms with Crippen LogP contribution in [0.25, 0.3) is 0 Å². The second kappa shape index (κ2) is 5.80. The Balaban J connectivity index is 1.63. The van der Waals surface area contributed by atoms with Gasteiger partial charge in [0.15, 0.2) is 5.82 Å². The summed E-state index contributed by atoms with van der Waals surface area (Å²) in [5, 5.41) is 14.1. The van der Waals surface area contributed by atoms with Gasteiger partial charge in [-0.2, -0.15) is 10.2 Å². The molecule has 1 aliphatic rings. The third-order valence-corrected chi connectivity index (χ3v) is 3.82. The van der Waals surface area contributed by atoms with Crippen LogP contribution >= 0.6 is 0 Å². The standard InChI is InChI=1S/C14H20N6O2/c1-9-6-12(18-20(9)3)17-14(21)16-11-4-5-22-13(11)10-7-15-19(2)8-10/h6-8,11,13H,4-5H2,1-3H3,(H2,16,17,18,21)/t11-,13+/m0/s1. The number of rotatable bonds is 3. The van der Waals surface area contributed by atoms with Gasteiger partial charge in [0.25, 0.3) is 0 Å². The number of anilines is 1. The zero-order valence-corrected chi connectivity index (χ0v) is 12.9. The van der Waals surface area contributed by atoms with Crippen molar-refractivity contribution in [2.45, 2.75) is 25.5 Å². The average Bonchev–Trinajstić information content (AvgIpc) is 3.13. The lowest BCUT2D eigenvalue weighted by Gasteiger charge is -2.18. The normalized spacial score (nSPS) is 21.0. The lowest BCUT2D eigenvalue weighted by molar-refractivity contribution is 0.100. The number of carbonyl (C=O) groups excluding carboxylic acids is 1. The molecule has 0 bridgehead atoms. The summed E-state index contributed by atoms with van der Waals surface area (Å²) in [7, 11) is 3.69. The summed E-state index contributed by atoms with van der Waals surface area (Å²) in [6, 6.07) is 1.47. The van der Waals surface area contributed by atoms with E-state index >= 15 is 0 Å². The van der Waals surface area contributed by atoms with E-state index in [1.165, 1.54) is 0 Å².